The lowest BCUT2D eigenvalue weighted by Gasteiger charge is -2.13. The summed E-state index contributed by atoms with van der Waals surface area (Å²) >= 11 is 1.79. The van der Waals surface area contributed by atoms with E-state index < -0.39 is 0 Å². The third-order valence-electron chi connectivity index (χ3n) is 4.64. The van der Waals surface area contributed by atoms with Crippen LogP contribution in [0.4, 0.5) is 0 Å². The lowest BCUT2D eigenvalue weighted by Crippen LogP contribution is -2.11. The molecule has 5 heteroatoms. The number of ether oxygens (including phenoxy) is 2. The first kappa shape index (κ1) is 16.3. The molecule has 4 nitrogen and oxygen atoms in total. The van der Waals surface area contributed by atoms with Gasteiger partial charge in [0, 0.05) is 4.88 Å². The van der Waals surface area contributed by atoms with Gasteiger partial charge in [0.15, 0.2) is 0 Å². The summed E-state index contributed by atoms with van der Waals surface area (Å²) in [5.41, 5.74) is 3.74. The first-order valence-electron chi connectivity index (χ1n) is 8.80. The highest BCUT2D eigenvalue weighted by atomic mass is 32.1. The van der Waals surface area contributed by atoms with Crippen LogP contribution in [0.25, 0.3) is 10.2 Å². The van der Waals surface area contributed by atoms with Crippen molar-refractivity contribution in [1.29, 1.82) is 0 Å². The Morgan fingerprint density at radius 3 is 2.80 bits per heavy atom. The molecule has 0 fully saturated rings. The van der Waals surface area contributed by atoms with E-state index in [0.29, 0.717) is 19.1 Å². The van der Waals surface area contributed by atoms with Crippen LogP contribution in [0.3, 0.4) is 0 Å². The van der Waals surface area contributed by atoms with Crippen molar-refractivity contribution in [2.75, 3.05) is 13.2 Å². The number of thiophene rings is 1. The maximum Gasteiger partial charge on any atom is 0.225 e. The Balaban J connectivity index is 1.46. The lowest BCUT2D eigenvalue weighted by atomic mass is 9.97. The van der Waals surface area contributed by atoms with E-state index in [1.807, 2.05) is 0 Å². The topological polar surface area (TPSA) is 44.2 Å². The molecule has 0 aliphatic heterocycles. The minimum Gasteiger partial charge on any atom is -0.490 e. The maximum atomic E-state index is 5.97. The van der Waals surface area contributed by atoms with Crippen LogP contribution >= 0.6 is 11.3 Å². The molecular formula is C20H22N2O2S. The van der Waals surface area contributed by atoms with Crippen molar-refractivity contribution in [2.45, 2.75) is 39.5 Å². The third-order valence-corrected chi connectivity index (χ3v) is 5.84. The summed E-state index contributed by atoms with van der Waals surface area (Å²) in [7, 11) is 0. The summed E-state index contributed by atoms with van der Waals surface area (Å²) in [6, 6.07) is 6.24. The molecule has 0 spiro atoms. The molecule has 2 heterocycles. The summed E-state index contributed by atoms with van der Waals surface area (Å²) in [5.74, 6) is 1.62. The van der Waals surface area contributed by atoms with Gasteiger partial charge < -0.3 is 9.47 Å². The number of hydrogen-bond donors (Lipinski definition) is 0. The van der Waals surface area contributed by atoms with Gasteiger partial charge in [-0.25, -0.2) is 9.97 Å². The molecule has 0 radical (unpaired) electrons. The molecule has 1 aliphatic rings. The van der Waals surface area contributed by atoms with Gasteiger partial charge in [0.25, 0.3) is 0 Å². The molecule has 4 rings (SSSR count). The first-order chi connectivity index (χ1) is 12.2. The van der Waals surface area contributed by atoms with Crippen LogP contribution in [0.1, 0.15) is 34.4 Å². The third kappa shape index (κ3) is 3.33. The standard InChI is InChI=1S/C20H22N2O2S/c1-13-7-8-14(2)16(11-13)23-9-10-24-19-18-15-5-3-4-6-17(15)25-20(18)22-12-21-19/h7-8,11-12H,3-6,9-10H2,1-2H3. The molecule has 25 heavy (non-hydrogen) atoms. The molecule has 0 saturated carbocycles. The maximum absolute atomic E-state index is 5.97. The van der Waals surface area contributed by atoms with E-state index in [4.69, 9.17) is 9.47 Å². The minimum atomic E-state index is 0.476. The van der Waals surface area contributed by atoms with Gasteiger partial charge in [-0.1, -0.05) is 12.1 Å². The molecule has 0 amide bonds. The van der Waals surface area contributed by atoms with Gasteiger partial charge in [0.1, 0.15) is 30.1 Å². The number of fused-ring (bicyclic) bond motifs is 3. The average Bonchev–Trinajstić information content (AvgIpc) is 3.01. The normalized spacial score (nSPS) is 13.7. The Morgan fingerprint density at radius 1 is 1.04 bits per heavy atom. The van der Waals surface area contributed by atoms with Crippen molar-refractivity contribution in [3.05, 3.63) is 46.1 Å². The molecule has 1 aromatic carbocycles. The second kappa shape index (κ2) is 7.00. The molecule has 1 aliphatic carbocycles. The molecule has 0 N–H and O–H groups in total. The summed E-state index contributed by atoms with van der Waals surface area (Å²) in [4.78, 5) is 11.3. The Hall–Kier alpha value is -2.14. The number of benzene rings is 1. The number of nitrogens with zero attached hydrogens (tertiary/aromatic N) is 2. The number of aromatic nitrogens is 2. The number of aryl methyl sites for hydroxylation is 4. The van der Waals surface area contributed by atoms with Crippen molar-refractivity contribution in [1.82, 2.24) is 9.97 Å². The van der Waals surface area contributed by atoms with Crippen LogP contribution in [0.5, 0.6) is 11.6 Å². The van der Waals surface area contributed by atoms with Gasteiger partial charge in [-0.2, -0.15) is 0 Å². The summed E-state index contributed by atoms with van der Waals surface area (Å²) in [6.07, 6.45) is 6.38. The predicted molar refractivity (Wildman–Crippen MR) is 101 cm³/mol. The molecule has 0 bridgehead atoms. The van der Waals surface area contributed by atoms with Gasteiger partial charge in [0.05, 0.1) is 5.39 Å². The molecule has 130 valence electrons. The number of rotatable bonds is 5. The van der Waals surface area contributed by atoms with E-state index in [2.05, 4.69) is 42.0 Å². The highest BCUT2D eigenvalue weighted by molar-refractivity contribution is 7.18. The lowest BCUT2D eigenvalue weighted by molar-refractivity contribution is 0.212. The monoisotopic (exact) mass is 354 g/mol. The minimum absolute atomic E-state index is 0.476. The Kier molecular flexibility index (Phi) is 4.57. The second-order valence-electron chi connectivity index (χ2n) is 6.54. The van der Waals surface area contributed by atoms with Gasteiger partial charge in [-0.05, 0) is 62.3 Å². The summed E-state index contributed by atoms with van der Waals surface area (Å²) in [6.45, 7) is 5.10. The van der Waals surface area contributed by atoms with E-state index in [-0.39, 0.29) is 0 Å². The molecule has 0 atom stereocenters. The predicted octanol–water partition coefficient (Wildman–Crippen LogP) is 4.64. The molecule has 0 saturated heterocycles. The molecule has 2 aromatic heterocycles. The Labute approximate surface area is 151 Å². The van der Waals surface area contributed by atoms with Crippen molar-refractivity contribution < 1.29 is 9.47 Å². The van der Waals surface area contributed by atoms with E-state index in [1.54, 1.807) is 17.7 Å². The molecule has 0 unspecified atom stereocenters. The van der Waals surface area contributed by atoms with Crippen LogP contribution in [-0.2, 0) is 12.8 Å². The smallest absolute Gasteiger partial charge is 0.225 e. The van der Waals surface area contributed by atoms with Gasteiger partial charge >= 0.3 is 0 Å². The van der Waals surface area contributed by atoms with Crippen LogP contribution in [0.15, 0.2) is 24.5 Å². The van der Waals surface area contributed by atoms with Crippen molar-refractivity contribution in [2.24, 2.45) is 0 Å². The largest absolute Gasteiger partial charge is 0.490 e. The highest BCUT2D eigenvalue weighted by Crippen LogP contribution is 2.38. The fourth-order valence-corrected chi connectivity index (χ4v) is 4.54. The summed E-state index contributed by atoms with van der Waals surface area (Å²) in [5, 5.41) is 1.12. The van der Waals surface area contributed by atoms with E-state index in [1.165, 1.54) is 28.8 Å². The van der Waals surface area contributed by atoms with Gasteiger partial charge in [-0.3, -0.25) is 0 Å². The zero-order valence-electron chi connectivity index (χ0n) is 14.7. The quantitative estimate of drug-likeness (QED) is 0.626. The van der Waals surface area contributed by atoms with Crippen molar-refractivity contribution >= 4 is 21.6 Å². The SMILES string of the molecule is Cc1ccc(C)c(OCCOc2ncnc3sc4c(c23)CCCC4)c1. The zero-order chi connectivity index (χ0) is 17.2. The summed E-state index contributed by atoms with van der Waals surface area (Å²) < 4.78 is 11.8. The van der Waals surface area contributed by atoms with E-state index in [0.717, 1.165) is 34.4 Å². The highest BCUT2D eigenvalue weighted by Gasteiger charge is 2.20. The van der Waals surface area contributed by atoms with Crippen LogP contribution in [0.2, 0.25) is 0 Å². The second-order valence-corrected chi connectivity index (χ2v) is 7.62. The van der Waals surface area contributed by atoms with Gasteiger partial charge in [0.2, 0.25) is 5.88 Å². The van der Waals surface area contributed by atoms with E-state index in [9.17, 15) is 0 Å². The van der Waals surface area contributed by atoms with Crippen molar-refractivity contribution in [3.63, 3.8) is 0 Å². The van der Waals surface area contributed by atoms with Crippen LogP contribution in [0, 0.1) is 13.8 Å². The molecule has 3 aromatic rings. The average molecular weight is 354 g/mol. The number of hydrogen-bond acceptors (Lipinski definition) is 5. The molecular weight excluding hydrogens is 332 g/mol. The fourth-order valence-electron chi connectivity index (χ4n) is 3.32. The van der Waals surface area contributed by atoms with Gasteiger partial charge in [-0.15, -0.1) is 11.3 Å². The van der Waals surface area contributed by atoms with E-state index >= 15 is 0 Å². The van der Waals surface area contributed by atoms with Crippen LogP contribution in [-0.4, -0.2) is 23.2 Å². The van der Waals surface area contributed by atoms with Crippen LogP contribution < -0.4 is 9.47 Å². The Bertz CT molecular complexity index is 904. The van der Waals surface area contributed by atoms with Crippen molar-refractivity contribution in [3.8, 4) is 11.6 Å². The first-order valence-corrected chi connectivity index (χ1v) is 9.62. The Morgan fingerprint density at radius 2 is 1.88 bits per heavy atom. The fraction of sp³-hybridized carbons (Fsp3) is 0.400. The zero-order valence-corrected chi connectivity index (χ0v) is 15.5.